The summed E-state index contributed by atoms with van der Waals surface area (Å²) in [5.74, 6) is -0.290. The highest BCUT2D eigenvalue weighted by Gasteiger charge is 2.14. The average Bonchev–Trinajstić information content (AvgIpc) is 2.29. The van der Waals surface area contributed by atoms with Gasteiger partial charge in [0.25, 0.3) is 5.91 Å². The molecule has 0 aliphatic heterocycles. The lowest BCUT2D eigenvalue weighted by molar-refractivity contribution is -0.121. The molecule has 0 heterocycles. The number of benzene rings is 1. The molecule has 5 heteroatoms. The predicted molar refractivity (Wildman–Crippen MR) is 74.8 cm³/mol. The summed E-state index contributed by atoms with van der Waals surface area (Å²) in [6, 6.07) is 7.26. The molecule has 1 rings (SSSR count). The van der Waals surface area contributed by atoms with Gasteiger partial charge in [-0.15, -0.1) is 0 Å². The second kappa shape index (κ2) is 6.58. The number of hydrogen-bond acceptors (Lipinski definition) is 2. The molecule has 1 aromatic rings. The highest BCUT2D eigenvalue weighted by Crippen LogP contribution is 2.08. The Bertz CT molecular complexity index is 403. The van der Waals surface area contributed by atoms with Crippen molar-refractivity contribution in [2.75, 3.05) is 20.1 Å². The number of amides is 2. The van der Waals surface area contributed by atoms with Gasteiger partial charge >= 0.3 is 0 Å². The van der Waals surface area contributed by atoms with E-state index in [4.69, 9.17) is 0 Å². The second-order valence-electron chi connectivity index (χ2n) is 3.62. The van der Waals surface area contributed by atoms with Gasteiger partial charge in [0.2, 0.25) is 5.91 Å². The fourth-order valence-corrected chi connectivity index (χ4v) is 1.71. The highest BCUT2D eigenvalue weighted by atomic mass is 127. The van der Waals surface area contributed by atoms with Crippen molar-refractivity contribution in [3.05, 3.63) is 33.4 Å². The number of nitrogens with zero attached hydrogens (tertiary/aromatic N) is 1. The summed E-state index contributed by atoms with van der Waals surface area (Å²) in [7, 11) is 1.62. The molecule has 2 amide bonds. The van der Waals surface area contributed by atoms with E-state index in [0.29, 0.717) is 12.1 Å². The smallest absolute Gasteiger partial charge is 0.254 e. The maximum absolute atomic E-state index is 11.9. The average molecular weight is 346 g/mol. The number of hydrogen-bond donors (Lipinski definition) is 1. The Balaban J connectivity index is 2.63. The minimum absolute atomic E-state index is 0.0820. The molecule has 92 valence electrons. The zero-order valence-electron chi connectivity index (χ0n) is 9.87. The first kappa shape index (κ1) is 14.0. The number of nitrogens with one attached hydrogen (secondary N) is 1. The van der Waals surface area contributed by atoms with Gasteiger partial charge in [0.1, 0.15) is 0 Å². The van der Waals surface area contributed by atoms with Crippen LogP contribution in [-0.2, 0) is 4.79 Å². The summed E-state index contributed by atoms with van der Waals surface area (Å²) in [6.07, 6.45) is 0. The first-order valence-electron chi connectivity index (χ1n) is 5.32. The number of likely N-dealkylation sites (N-methyl/N-ethyl adjacent to an activating group) is 2. The molecule has 0 unspecified atom stereocenters. The van der Waals surface area contributed by atoms with Crippen LogP contribution in [0.2, 0.25) is 0 Å². The highest BCUT2D eigenvalue weighted by molar-refractivity contribution is 14.1. The Morgan fingerprint density at radius 1 is 1.29 bits per heavy atom. The molecule has 0 saturated carbocycles. The third kappa shape index (κ3) is 4.33. The number of halogens is 1. The Hall–Kier alpha value is -1.11. The lowest BCUT2D eigenvalue weighted by Gasteiger charge is -2.16. The van der Waals surface area contributed by atoms with Crippen molar-refractivity contribution in [3.63, 3.8) is 0 Å². The van der Waals surface area contributed by atoms with Gasteiger partial charge < -0.3 is 10.2 Å². The molecular formula is C12H15IN2O2. The van der Waals surface area contributed by atoms with Crippen molar-refractivity contribution in [3.8, 4) is 0 Å². The van der Waals surface area contributed by atoms with Crippen molar-refractivity contribution in [1.29, 1.82) is 0 Å². The van der Waals surface area contributed by atoms with Crippen molar-refractivity contribution in [1.82, 2.24) is 10.2 Å². The van der Waals surface area contributed by atoms with E-state index in [0.717, 1.165) is 3.57 Å². The molecule has 17 heavy (non-hydrogen) atoms. The molecule has 0 aliphatic rings. The van der Waals surface area contributed by atoms with E-state index in [1.54, 1.807) is 19.2 Å². The zero-order valence-corrected chi connectivity index (χ0v) is 12.0. The molecule has 0 aromatic heterocycles. The molecule has 0 radical (unpaired) electrons. The fraction of sp³-hybridized carbons (Fsp3) is 0.333. The summed E-state index contributed by atoms with van der Waals surface area (Å²) >= 11 is 2.18. The van der Waals surface area contributed by atoms with Crippen LogP contribution in [0.4, 0.5) is 0 Å². The van der Waals surface area contributed by atoms with E-state index in [9.17, 15) is 9.59 Å². The van der Waals surface area contributed by atoms with Crippen LogP contribution in [-0.4, -0.2) is 36.9 Å². The van der Waals surface area contributed by atoms with Gasteiger partial charge in [-0.25, -0.2) is 0 Å². The number of rotatable bonds is 4. The van der Waals surface area contributed by atoms with Crippen LogP contribution in [0.15, 0.2) is 24.3 Å². The quantitative estimate of drug-likeness (QED) is 0.840. The van der Waals surface area contributed by atoms with Gasteiger partial charge in [-0.2, -0.15) is 0 Å². The molecule has 1 N–H and O–H groups in total. The third-order valence-corrected chi connectivity index (χ3v) is 2.91. The van der Waals surface area contributed by atoms with Crippen molar-refractivity contribution < 1.29 is 9.59 Å². The summed E-state index contributed by atoms with van der Waals surface area (Å²) in [5.41, 5.74) is 0.595. The van der Waals surface area contributed by atoms with Crippen LogP contribution in [0.5, 0.6) is 0 Å². The minimum atomic E-state index is -0.146. The van der Waals surface area contributed by atoms with Gasteiger partial charge in [-0.1, -0.05) is 0 Å². The van der Waals surface area contributed by atoms with Crippen LogP contribution in [0.25, 0.3) is 0 Å². The van der Waals surface area contributed by atoms with Crippen LogP contribution in [0.1, 0.15) is 17.3 Å². The van der Waals surface area contributed by atoms with Crippen molar-refractivity contribution in [2.45, 2.75) is 6.92 Å². The normalized spacial score (nSPS) is 9.82. The fourth-order valence-electron chi connectivity index (χ4n) is 1.35. The van der Waals surface area contributed by atoms with Crippen molar-refractivity contribution in [2.24, 2.45) is 0 Å². The summed E-state index contributed by atoms with van der Waals surface area (Å²) < 4.78 is 1.07. The SMILES string of the molecule is CCNC(=O)CN(C)C(=O)c1ccc(I)cc1. The lowest BCUT2D eigenvalue weighted by atomic mass is 10.2. The molecule has 0 bridgehead atoms. The summed E-state index contributed by atoms with van der Waals surface area (Å²) in [6.45, 7) is 2.50. The summed E-state index contributed by atoms with van der Waals surface area (Å²) in [4.78, 5) is 24.7. The van der Waals surface area contributed by atoms with Crippen LogP contribution in [0.3, 0.4) is 0 Å². The largest absolute Gasteiger partial charge is 0.355 e. The van der Waals surface area contributed by atoms with E-state index in [1.165, 1.54) is 4.90 Å². The first-order chi connectivity index (χ1) is 8.04. The second-order valence-corrected chi connectivity index (χ2v) is 4.87. The van der Waals surface area contributed by atoms with E-state index in [2.05, 4.69) is 27.9 Å². The summed E-state index contributed by atoms with van der Waals surface area (Å²) in [5, 5.41) is 2.66. The Morgan fingerprint density at radius 2 is 1.88 bits per heavy atom. The van der Waals surface area contributed by atoms with E-state index >= 15 is 0 Å². The maximum atomic E-state index is 11.9. The molecule has 0 saturated heterocycles. The molecule has 0 aliphatic carbocycles. The topological polar surface area (TPSA) is 49.4 Å². The molecule has 1 aromatic carbocycles. The zero-order chi connectivity index (χ0) is 12.8. The first-order valence-corrected chi connectivity index (χ1v) is 6.40. The third-order valence-electron chi connectivity index (χ3n) is 2.19. The van der Waals surface area contributed by atoms with Gasteiger partial charge in [0.05, 0.1) is 6.54 Å². The van der Waals surface area contributed by atoms with Gasteiger partial charge in [0, 0.05) is 22.7 Å². The lowest BCUT2D eigenvalue weighted by Crippen LogP contribution is -2.38. The molecule has 0 spiro atoms. The van der Waals surface area contributed by atoms with Gasteiger partial charge in [0.15, 0.2) is 0 Å². The molecule has 0 fully saturated rings. The maximum Gasteiger partial charge on any atom is 0.254 e. The van der Waals surface area contributed by atoms with Crippen molar-refractivity contribution >= 4 is 34.4 Å². The number of carbonyl (C=O) groups is 2. The van der Waals surface area contributed by atoms with Crippen LogP contribution in [0, 0.1) is 3.57 Å². The predicted octanol–water partition coefficient (Wildman–Crippen LogP) is 1.50. The monoisotopic (exact) mass is 346 g/mol. The molecular weight excluding hydrogens is 331 g/mol. The van der Waals surface area contributed by atoms with Gasteiger partial charge in [-0.3, -0.25) is 9.59 Å². The van der Waals surface area contributed by atoms with Crippen LogP contribution < -0.4 is 5.32 Å². The number of carbonyl (C=O) groups excluding carboxylic acids is 2. The van der Waals surface area contributed by atoms with Gasteiger partial charge in [-0.05, 0) is 53.8 Å². The van der Waals surface area contributed by atoms with E-state index in [-0.39, 0.29) is 18.4 Å². The molecule has 4 nitrogen and oxygen atoms in total. The standard InChI is InChI=1S/C12H15IN2O2/c1-3-14-11(16)8-15(2)12(17)9-4-6-10(13)7-5-9/h4-7H,3,8H2,1-2H3,(H,14,16). The van der Waals surface area contributed by atoms with E-state index < -0.39 is 0 Å². The van der Waals surface area contributed by atoms with E-state index in [1.807, 2.05) is 19.1 Å². The Morgan fingerprint density at radius 3 is 2.41 bits per heavy atom. The molecule has 0 atom stereocenters. The Labute approximate surface area is 115 Å². The van der Waals surface area contributed by atoms with Crippen LogP contribution >= 0.6 is 22.6 Å². The minimum Gasteiger partial charge on any atom is -0.355 e. The Kier molecular flexibility index (Phi) is 5.40.